The maximum absolute atomic E-state index is 11.9. The zero-order valence-corrected chi connectivity index (χ0v) is 12.5. The van der Waals surface area contributed by atoms with E-state index in [1.165, 1.54) is 23.0 Å². The Kier molecular flexibility index (Phi) is 4.56. The van der Waals surface area contributed by atoms with Crippen LogP contribution >= 0.6 is 11.6 Å². The smallest absolute Gasteiger partial charge is 0.271 e. The summed E-state index contributed by atoms with van der Waals surface area (Å²) in [5.74, 6) is -0.327. The van der Waals surface area contributed by atoms with Crippen LogP contribution in [0.15, 0.2) is 12.4 Å². The molecule has 0 unspecified atom stereocenters. The molecule has 9 heteroatoms. The van der Waals surface area contributed by atoms with Gasteiger partial charge in [0.1, 0.15) is 10.8 Å². The summed E-state index contributed by atoms with van der Waals surface area (Å²) >= 11 is 5.60. The molecule has 7 nitrogen and oxygen atoms in total. The molecule has 20 heavy (non-hydrogen) atoms. The van der Waals surface area contributed by atoms with Crippen molar-refractivity contribution in [2.24, 2.45) is 0 Å². The molecule has 1 N–H and O–H groups in total. The van der Waals surface area contributed by atoms with E-state index in [0.29, 0.717) is 25.9 Å². The number of carbonyl (C=O) groups is 1. The summed E-state index contributed by atoms with van der Waals surface area (Å²) in [6.07, 6.45) is 4.97. The van der Waals surface area contributed by atoms with Crippen LogP contribution in [0.1, 0.15) is 23.3 Å². The van der Waals surface area contributed by atoms with Crippen LogP contribution in [0.3, 0.4) is 0 Å². The number of carbonyl (C=O) groups excluding carboxylic acids is 1. The fourth-order valence-corrected chi connectivity index (χ4v) is 2.99. The molecule has 0 bridgehead atoms. The number of amides is 1. The molecule has 0 aromatic carbocycles. The van der Waals surface area contributed by atoms with Crippen LogP contribution in [0.2, 0.25) is 5.15 Å². The fourth-order valence-electron chi connectivity index (χ4n) is 2.02. The van der Waals surface area contributed by atoms with Crippen LogP contribution in [0.4, 0.5) is 0 Å². The highest BCUT2D eigenvalue weighted by atomic mass is 35.5. The van der Waals surface area contributed by atoms with E-state index in [-0.39, 0.29) is 22.8 Å². The second-order valence-electron chi connectivity index (χ2n) is 4.63. The number of sulfonamides is 1. The zero-order valence-electron chi connectivity index (χ0n) is 10.9. The van der Waals surface area contributed by atoms with E-state index >= 15 is 0 Å². The maximum atomic E-state index is 11.9. The van der Waals surface area contributed by atoms with Gasteiger partial charge in [-0.1, -0.05) is 11.6 Å². The molecule has 1 aliphatic rings. The highest BCUT2D eigenvalue weighted by molar-refractivity contribution is 7.88. The molecular weight excluding hydrogens is 304 g/mol. The summed E-state index contributed by atoms with van der Waals surface area (Å²) < 4.78 is 24.2. The van der Waals surface area contributed by atoms with Crippen molar-refractivity contribution in [3.63, 3.8) is 0 Å². The highest BCUT2D eigenvalue weighted by Gasteiger charge is 2.26. The minimum absolute atomic E-state index is 0.0574. The van der Waals surface area contributed by atoms with Gasteiger partial charge in [0.2, 0.25) is 10.0 Å². The van der Waals surface area contributed by atoms with Gasteiger partial charge in [-0.15, -0.1) is 0 Å². The molecule has 2 heterocycles. The van der Waals surface area contributed by atoms with Gasteiger partial charge in [0.15, 0.2) is 0 Å². The van der Waals surface area contributed by atoms with E-state index in [1.807, 2.05) is 0 Å². The van der Waals surface area contributed by atoms with Gasteiger partial charge in [0.25, 0.3) is 5.91 Å². The van der Waals surface area contributed by atoms with Crippen molar-refractivity contribution < 1.29 is 13.2 Å². The Hall–Kier alpha value is -1.25. The summed E-state index contributed by atoms with van der Waals surface area (Å²) in [4.78, 5) is 19.6. The predicted octanol–water partition coefficient (Wildman–Crippen LogP) is 0.284. The van der Waals surface area contributed by atoms with Crippen molar-refractivity contribution in [2.45, 2.75) is 18.9 Å². The number of rotatable bonds is 3. The summed E-state index contributed by atoms with van der Waals surface area (Å²) in [5, 5.41) is 3.05. The second-order valence-corrected chi connectivity index (χ2v) is 7.00. The molecule has 1 aliphatic heterocycles. The Morgan fingerprint density at radius 3 is 2.50 bits per heavy atom. The molecule has 0 saturated carbocycles. The molecule has 1 aromatic rings. The van der Waals surface area contributed by atoms with E-state index in [9.17, 15) is 13.2 Å². The lowest BCUT2D eigenvalue weighted by atomic mass is 10.1. The first-order valence-corrected chi connectivity index (χ1v) is 8.32. The molecule has 1 fully saturated rings. The van der Waals surface area contributed by atoms with E-state index in [1.54, 1.807) is 0 Å². The number of piperidine rings is 1. The van der Waals surface area contributed by atoms with E-state index < -0.39 is 10.0 Å². The van der Waals surface area contributed by atoms with Crippen LogP contribution in [0.5, 0.6) is 0 Å². The summed E-state index contributed by atoms with van der Waals surface area (Å²) in [7, 11) is -3.15. The van der Waals surface area contributed by atoms with Gasteiger partial charge in [0.05, 0.1) is 18.6 Å². The normalized spacial score (nSPS) is 17.9. The molecule has 0 spiro atoms. The largest absolute Gasteiger partial charge is 0.348 e. The van der Waals surface area contributed by atoms with Gasteiger partial charge >= 0.3 is 0 Å². The minimum atomic E-state index is -3.15. The third kappa shape index (κ3) is 3.87. The quantitative estimate of drug-likeness (QED) is 0.864. The van der Waals surface area contributed by atoms with Gasteiger partial charge < -0.3 is 5.32 Å². The fraction of sp³-hybridized carbons (Fsp3) is 0.545. The van der Waals surface area contributed by atoms with Crippen molar-refractivity contribution in [1.29, 1.82) is 0 Å². The van der Waals surface area contributed by atoms with Crippen LogP contribution in [-0.4, -0.2) is 54.0 Å². The van der Waals surface area contributed by atoms with E-state index in [0.717, 1.165) is 0 Å². The van der Waals surface area contributed by atoms with Gasteiger partial charge in [-0.2, -0.15) is 0 Å². The van der Waals surface area contributed by atoms with E-state index in [2.05, 4.69) is 15.3 Å². The summed E-state index contributed by atoms with van der Waals surface area (Å²) in [6.45, 7) is 0.826. The Balaban J connectivity index is 1.89. The number of hydrogen-bond acceptors (Lipinski definition) is 5. The van der Waals surface area contributed by atoms with Crippen LogP contribution in [0.25, 0.3) is 0 Å². The van der Waals surface area contributed by atoms with E-state index in [4.69, 9.17) is 11.6 Å². The van der Waals surface area contributed by atoms with Crippen molar-refractivity contribution in [3.05, 3.63) is 23.2 Å². The summed E-state index contributed by atoms with van der Waals surface area (Å²) in [6, 6.07) is -0.0574. The lowest BCUT2D eigenvalue weighted by molar-refractivity contribution is 0.0918. The molecule has 1 aromatic heterocycles. The Bertz CT molecular complexity index is 582. The maximum Gasteiger partial charge on any atom is 0.271 e. The molecule has 1 saturated heterocycles. The van der Waals surface area contributed by atoms with Gasteiger partial charge in [-0.25, -0.2) is 22.7 Å². The first-order valence-electron chi connectivity index (χ1n) is 6.10. The topological polar surface area (TPSA) is 92.3 Å². The minimum Gasteiger partial charge on any atom is -0.348 e. The lowest BCUT2D eigenvalue weighted by Crippen LogP contribution is -2.46. The SMILES string of the molecule is CS(=O)(=O)N1CCC(NC(=O)c2cnc(Cl)cn2)CC1. The first-order chi connectivity index (χ1) is 9.36. The molecule has 0 aliphatic carbocycles. The molecular formula is C11H15ClN4O3S. The predicted molar refractivity (Wildman–Crippen MR) is 73.9 cm³/mol. The monoisotopic (exact) mass is 318 g/mol. The van der Waals surface area contributed by atoms with Crippen molar-refractivity contribution in [3.8, 4) is 0 Å². The third-order valence-electron chi connectivity index (χ3n) is 3.11. The Labute approximate surface area is 122 Å². The lowest BCUT2D eigenvalue weighted by Gasteiger charge is -2.30. The molecule has 0 radical (unpaired) electrons. The van der Waals surface area contributed by atoms with Gasteiger partial charge in [-0.05, 0) is 12.8 Å². The standard InChI is InChI=1S/C11H15ClN4O3S/c1-20(18,19)16-4-2-8(3-5-16)15-11(17)9-6-14-10(12)7-13-9/h6-8H,2-5H2,1H3,(H,15,17). The number of aromatic nitrogens is 2. The van der Waals surface area contributed by atoms with Crippen molar-refractivity contribution >= 4 is 27.5 Å². The third-order valence-corrected chi connectivity index (χ3v) is 4.61. The number of nitrogens with one attached hydrogen (secondary N) is 1. The van der Waals surface area contributed by atoms with Gasteiger partial charge in [-0.3, -0.25) is 4.79 Å². The second kappa shape index (κ2) is 6.02. The van der Waals surface area contributed by atoms with Crippen LogP contribution < -0.4 is 5.32 Å². The average molecular weight is 319 g/mol. The van der Waals surface area contributed by atoms with Crippen molar-refractivity contribution in [2.75, 3.05) is 19.3 Å². The molecule has 0 atom stereocenters. The number of nitrogens with zero attached hydrogens (tertiary/aromatic N) is 3. The molecule has 110 valence electrons. The van der Waals surface area contributed by atoms with Crippen LogP contribution in [0, 0.1) is 0 Å². The molecule has 1 amide bonds. The molecule has 2 rings (SSSR count). The van der Waals surface area contributed by atoms with Crippen molar-refractivity contribution in [1.82, 2.24) is 19.6 Å². The first kappa shape index (κ1) is 15.1. The van der Waals surface area contributed by atoms with Gasteiger partial charge in [0, 0.05) is 19.1 Å². The summed E-state index contributed by atoms with van der Waals surface area (Å²) in [5.41, 5.74) is 0.194. The zero-order chi connectivity index (χ0) is 14.8. The highest BCUT2D eigenvalue weighted by Crippen LogP contribution is 2.13. The van der Waals surface area contributed by atoms with Crippen LogP contribution in [-0.2, 0) is 10.0 Å². The number of hydrogen-bond donors (Lipinski definition) is 1. The average Bonchev–Trinajstić information content (AvgIpc) is 2.39. The Morgan fingerprint density at radius 1 is 1.35 bits per heavy atom. The number of halogens is 1. The Morgan fingerprint density at radius 2 is 2.00 bits per heavy atom.